The van der Waals surface area contributed by atoms with Crippen molar-refractivity contribution >= 4 is 5.91 Å². The summed E-state index contributed by atoms with van der Waals surface area (Å²) in [6.07, 6.45) is 7.13. The fraction of sp³-hybridized carbons (Fsp3) is 0.682. The van der Waals surface area contributed by atoms with Crippen molar-refractivity contribution in [3.63, 3.8) is 0 Å². The Labute approximate surface area is 158 Å². The topological polar surface area (TPSA) is 35.6 Å². The number of hydrogen-bond acceptors (Lipinski definition) is 3. The molecule has 1 aromatic rings. The minimum atomic E-state index is 0.207. The fourth-order valence-corrected chi connectivity index (χ4v) is 4.26. The van der Waals surface area contributed by atoms with Crippen molar-refractivity contribution in [2.75, 3.05) is 39.3 Å². The summed E-state index contributed by atoms with van der Waals surface area (Å²) in [6.45, 7) is 9.66. The summed E-state index contributed by atoms with van der Waals surface area (Å²) in [5.41, 5.74) is 2.70. The molecule has 2 aliphatic heterocycles. The standard InChI is InChI=1S/C22H35N3O/c1-19-7-5-8-20(17-19)18-25-15-9-21(10-16-25)22(26)23-11-6-14-24-12-3-2-4-13-24/h5,7-8,17,21H,2-4,6,9-16,18H2,1H3,(H,23,26). The molecular formula is C22H35N3O. The Bertz CT molecular complexity index is 560. The Hall–Kier alpha value is -1.39. The van der Waals surface area contributed by atoms with Crippen LogP contribution in [-0.4, -0.2) is 55.0 Å². The number of rotatable bonds is 7. The molecule has 3 rings (SSSR count). The minimum Gasteiger partial charge on any atom is -0.356 e. The molecule has 1 aromatic carbocycles. The molecule has 4 nitrogen and oxygen atoms in total. The van der Waals surface area contributed by atoms with Gasteiger partial charge in [0.2, 0.25) is 5.91 Å². The zero-order valence-corrected chi connectivity index (χ0v) is 16.4. The molecule has 0 atom stereocenters. The van der Waals surface area contributed by atoms with E-state index in [1.54, 1.807) is 0 Å². The Balaban J connectivity index is 1.30. The zero-order chi connectivity index (χ0) is 18.2. The number of hydrogen-bond donors (Lipinski definition) is 1. The monoisotopic (exact) mass is 357 g/mol. The van der Waals surface area contributed by atoms with E-state index in [-0.39, 0.29) is 11.8 Å². The van der Waals surface area contributed by atoms with Gasteiger partial charge in [-0.25, -0.2) is 0 Å². The quantitative estimate of drug-likeness (QED) is 0.761. The maximum absolute atomic E-state index is 12.4. The zero-order valence-electron chi connectivity index (χ0n) is 16.4. The van der Waals surface area contributed by atoms with Crippen molar-refractivity contribution in [2.24, 2.45) is 5.92 Å². The van der Waals surface area contributed by atoms with E-state index in [1.165, 1.54) is 43.5 Å². The minimum absolute atomic E-state index is 0.207. The van der Waals surface area contributed by atoms with Gasteiger partial charge in [-0.2, -0.15) is 0 Å². The highest BCUT2D eigenvalue weighted by molar-refractivity contribution is 5.78. The van der Waals surface area contributed by atoms with Crippen LogP contribution in [0, 0.1) is 12.8 Å². The molecular weight excluding hydrogens is 322 g/mol. The molecule has 2 saturated heterocycles. The van der Waals surface area contributed by atoms with Crippen LogP contribution in [0.4, 0.5) is 0 Å². The third-order valence-corrected chi connectivity index (χ3v) is 5.85. The van der Waals surface area contributed by atoms with Gasteiger partial charge in [-0.05, 0) is 77.3 Å². The second-order valence-electron chi connectivity index (χ2n) is 8.09. The van der Waals surface area contributed by atoms with Gasteiger partial charge in [-0.1, -0.05) is 36.2 Å². The summed E-state index contributed by atoms with van der Waals surface area (Å²) >= 11 is 0. The van der Waals surface area contributed by atoms with Crippen molar-refractivity contribution < 1.29 is 4.79 Å². The summed E-state index contributed by atoms with van der Waals surface area (Å²) < 4.78 is 0. The van der Waals surface area contributed by atoms with Crippen LogP contribution in [0.2, 0.25) is 0 Å². The van der Waals surface area contributed by atoms with Crippen LogP contribution in [0.5, 0.6) is 0 Å². The van der Waals surface area contributed by atoms with E-state index in [2.05, 4.69) is 46.3 Å². The molecule has 0 aromatic heterocycles. The fourth-order valence-electron chi connectivity index (χ4n) is 4.26. The lowest BCUT2D eigenvalue weighted by molar-refractivity contribution is -0.126. The van der Waals surface area contributed by atoms with Crippen LogP contribution in [0.1, 0.15) is 49.7 Å². The van der Waals surface area contributed by atoms with Gasteiger partial charge in [-0.3, -0.25) is 9.69 Å². The first kappa shape index (κ1) is 19.4. The van der Waals surface area contributed by atoms with Crippen LogP contribution < -0.4 is 5.32 Å². The molecule has 0 radical (unpaired) electrons. The molecule has 0 unspecified atom stereocenters. The van der Waals surface area contributed by atoms with Crippen molar-refractivity contribution in [1.29, 1.82) is 0 Å². The summed E-state index contributed by atoms with van der Waals surface area (Å²) in [6, 6.07) is 8.75. The Kier molecular flexibility index (Phi) is 7.51. The van der Waals surface area contributed by atoms with Crippen LogP contribution in [0.3, 0.4) is 0 Å². The molecule has 0 saturated carbocycles. The van der Waals surface area contributed by atoms with E-state index >= 15 is 0 Å². The van der Waals surface area contributed by atoms with Crippen LogP contribution in [0.15, 0.2) is 24.3 Å². The second-order valence-corrected chi connectivity index (χ2v) is 8.09. The maximum Gasteiger partial charge on any atom is 0.223 e. The summed E-state index contributed by atoms with van der Waals surface area (Å²) in [4.78, 5) is 17.4. The van der Waals surface area contributed by atoms with Crippen LogP contribution >= 0.6 is 0 Å². The van der Waals surface area contributed by atoms with Crippen molar-refractivity contribution in [1.82, 2.24) is 15.1 Å². The number of carbonyl (C=O) groups is 1. The molecule has 26 heavy (non-hydrogen) atoms. The van der Waals surface area contributed by atoms with Gasteiger partial charge in [0, 0.05) is 19.0 Å². The molecule has 1 N–H and O–H groups in total. The lowest BCUT2D eigenvalue weighted by Gasteiger charge is -2.31. The average molecular weight is 358 g/mol. The number of piperidine rings is 2. The number of carbonyl (C=O) groups excluding carboxylic acids is 1. The normalized spacial score (nSPS) is 20.2. The van der Waals surface area contributed by atoms with Crippen molar-refractivity contribution in [3.8, 4) is 0 Å². The van der Waals surface area contributed by atoms with E-state index < -0.39 is 0 Å². The molecule has 2 heterocycles. The largest absolute Gasteiger partial charge is 0.356 e. The molecule has 0 spiro atoms. The highest BCUT2D eigenvalue weighted by Crippen LogP contribution is 2.19. The average Bonchev–Trinajstić information content (AvgIpc) is 2.66. The van der Waals surface area contributed by atoms with E-state index in [0.717, 1.165) is 52.0 Å². The summed E-state index contributed by atoms with van der Waals surface area (Å²) in [7, 11) is 0. The van der Waals surface area contributed by atoms with Gasteiger partial charge in [-0.15, -0.1) is 0 Å². The predicted octanol–water partition coefficient (Wildman–Crippen LogP) is 3.20. The lowest BCUT2D eigenvalue weighted by atomic mass is 9.95. The summed E-state index contributed by atoms with van der Waals surface area (Å²) in [5.74, 6) is 0.484. The van der Waals surface area contributed by atoms with Crippen molar-refractivity contribution in [2.45, 2.75) is 52.0 Å². The van der Waals surface area contributed by atoms with Crippen molar-refractivity contribution in [3.05, 3.63) is 35.4 Å². The number of amides is 1. The van der Waals surface area contributed by atoms with Gasteiger partial charge < -0.3 is 10.2 Å². The third-order valence-electron chi connectivity index (χ3n) is 5.85. The first-order valence-corrected chi connectivity index (χ1v) is 10.5. The first-order valence-electron chi connectivity index (χ1n) is 10.5. The summed E-state index contributed by atoms with van der Waals surface area (Å²) in [5, 5.41) is 3.18. The smallest absolute Gasteiger partial charge is 0.223 e. The van der Waals surface area contributed by atoms with E-state index in [4.69, 9.17) is 0 Å². The van der Waals surface area contributed by atoms with Crippen LogP contribution in [0.25, 0.3) is 0 Å². The maximum atomic E-state index is 12.4. The second kappa shape index (κ2) is 10.1. The van der Waals surface area contributed by atoms with Crippen LogP contribution in [-0.2, 0) is 11.3 Å². The Morgan fingerprint density at radius 1 is 1.08 bits per heavy atom. The molecule has 4 heteroatoms. The predicted molar refractivity (Wildman–Crippen MR) is 107 cm³/mol. The molecule has 0 aliphatic carbocycles. The number of nitrogens with zero attached hydrogens (tertiary/aromatic N) is 2. The number of likely N-dealkylation sites (tertiary alicyclic amines) is 2. The Morgan fingerprint density at radius 3 is 2.58 bits per heavy atom. The molecule has 0 bridgehead atoms. The SMILES string of the molecule is Cc1cccc(CN2CCC(C(=O)NCCCN3CCCCC3)CC2)c1. The lowest BCUT2D eigenvalue weighted by Crippen LogP contribution is -2.41. The van der Waals surface area contributed by atoms with E-state index in [9.17, 15) is 4.79 Å². The molecule has 1 amide bonds. The van der Waals surface area contributed by atoms with Gasteiger partial charge in [0.05, 0.1) is 0 Å². The number of aryl methyl sites for hydroxylation is 1. The first-order chi connectivity index (χ1) is 12.7. The molecule has 144 valence electrons. The van der Waals surface area contributed by atoms with E-state index in [0.29, 0.717) is 0 Å². The number of nitrogens with one attached hydrogen (secondary N) is 1. The van der Waals surface area contributed by atoms with Gasteiger partial charge in [0.1, 0.15) is 0 Å². The van der Waals surface area contributed by atoms with E-state index in [1.807, 2.05) is 0 Å². The van der Waals surface area contributed by atoms with Gasteiger partial charge in [0.25, 0.3) is 0 Å². The van der Waals surface area contributed by atoms with Gasteiger partial charge >= 0.3 is 0 Å². The number of benzene rings is 1. The highest BCUT2D eigenvalue weighted by Gasteiger charge is 2.24. The van der Waals surface area contributed by atoms with Gasteiger partial charge in [0.15, 0.2) is 0 Å². The highest BCUT2D eigenvalue weighted by atomic mass is 16.1. The molecule has 2 fully saturated rings. The molecule has 2 aliphatic rings. The third kappa shape index (κ3) is 6.10. The Morgan fingerprint density at radius 2 is 1.85 bits per heavy atom.